The van der Waals surface area contributed by atoms with E-state index >= 15 is 0 Å². The van der Waals surface area contributed by atoms with Crippen molar-refractivity contribution in [2.45, 2.75) is 6.92 Å². The number of allylic oxidation sites excluding steroid dienone is 2. The van der Waals surface area contributed by atoms with Gasteiger partial charge in [0.15, 0.2) is 0 Å². The van der Waals surface area contributed by atoms with Gasteiger partial charge in [-0.15, -0.1) is 0 Å². The Morgan fingerprint density at radius 2 is 1.93 bits per heavy atom. The van der Waals surface area contributed by atoms with Crippen LogP contribution in [0.25, 0.3) is 0 Å². The Balaban J connectivity index is 4.44. The van der Waals surface area contributed by atoms with E-state index < -0.39 is 0 Å². The van der Waals surface area contributed by atoms with Crippen LogP contribution in [-0.2, 0) is 9.47 Å². The molecule has 0 saturated heterocycles. The van der Waals surface area contributed by atoms with E-state index in [1.165, 1.54) is 0 Å². The molecule has 0 heterocycles. The van der Waals surface area contributed by atoms with Crippen molar-refractivity contribution in [2.75, 3.05) is 34.4 Å². The first-order valence-corrected chi connectivity index (χ1v) is 4.83. The highest BCUT2D eigenvalue weighted by molar-refractivity contribution is 5.28. The number of rotatable bonds is 7. The van der Waals surface area contributed by atoms with Crippen molar-refractivity contribution >= 4 is 0 Å². The van der Waals surface area contributed by atoms with E-state index in [0.717, 1.165) is 23.6 Å². The normalized spacial score (nSPS) is 11.1. The summed E-state index contributed by atoms with van der Waals surface area (Å²) < 4.78 is 10.2. The number of methoxy groups -OCH3 is 2. The van der Waals surface area contributed by atoms with Crippen LogP contribution in [0.4, 0.5) is 0 Å². The molecule has 86 valence electrons. The third-order valence-electron chi connectivity index (χ3n) is 1.97. The van der Waals surface area contributed by atoms with Gasteiger partial charge >= 0.3 is 0 Å². The zero-order valence-corrected chi connectivity index (χ0v) is 10.2. The monoisotopic (exact) mass is 211 g/mol. The lowest BCUT2D eigenvalue weighted by molar-refractivity contribution is 0.169. The minimum absolute atomic E-state index is 0.666. The highest BCUT2D eigenvalue weighted by atomic mass is 16.5. The molecular weight excluding hydrogens is 190 g/mol. The minimum Gasteiger partial charge on any atom is -0.495 e. The van der Waals surface area contributed by atoms with Crippen LogP contribution in [0.15, 0.2) is 36.3 Å². The molecule has 0 radical (unpaired) electrons. The number of nitrogens with zero attached hydrogens (tertiary/aromatic N) is 1. The lowest BCUT2D eigenvalue weighted by Gasteiger charge is -2.22. The summed E-state index contributed by atoms with van der Waals surface area (Å²) in [6, 6.07) is 0. The molecule has 0 unspecified atom stereocenters. The molecule has 0 amide bonds. The molecule has 0 atom stereocenters. The summed E-state index contributed by atoms with van der Waals surface area (Å²) >= 11 is 0. The molecule has 0 aromatic heterocycles. The standard InChI is InChI=1S/C12H21NO2/c1-10(2)9-12(15-6)11(3)13(4)7-8-14-5/h9H,1,3,7-8H2,2,4-6H3/b12-9+. The van der Waals surface area contributed by atoms with Gasteiger partial charge < -0.3 is 14.4 Å². The first-order chi connectivity index (χ1) is 7.02. The molecule has 3 heteroatoms. The van der Waals surface area contributed by atoms with Gasteiger partial charge in [0.2, 0.25) is 0 Å². The molecule has 0 N–H and O–H groups in total. The average Bonchev–Trinajstić information content (AvgIpc) is 2.21. The van der Waals surface area contributed by atoms with Crippen LogP contribution in [0.5, 0.6) is 0 Å². The Morgan fingerprint density at radius 3 is 2.33 bits per heavy atom. The third kappa shape index (κ3) is 5.27. The molecule has 0 fully saturated rings. The van der Waals surface area contributed by atoms with E-state index in [1.807, 2.05) is 24.9 Å². The van der Waals surface area contributed by atoms with Crippen LogP contribution >= 0.6 is 0 Å². The van der Waals surface area contributed by atoms with Crippen molar-refractivity contribution in [3.05, 3.63) is 36.3 Å². The van der Waals surface area contributed by atoms with Gasteiger partial charge in [0, 0.05) is 20.7 Å². The molecule has 3 nitrogen and oxygen atoms in total. The zero-order valence-electron chi connectivity index (χ0n) is 10.2. The van der Waals surface area contributed by atoms with E-state index in [4.69, 9.17) is 9.47 Å². The second-order valence-corrected chi connectivity index (χ2v) is 3.42. The van der Waals surface area contributed by atoms with Gasteiger partial charge in [0.25, 0.3) is 0 Å². The second kappa shape index (κ2) is 7.12. The first kappa shape index (κ1) is 13.8. The molecule has 0 aromatic carbocycles. The predicted octanol–water partition coefficient (Wildman–Crippen LogP) is 2.18. The van der Waals surface area contributed by atoms with Crippen LogP contribution in [0.3, 0.4) is 0 Å². The van der Waals surface area contributed by atoms with Gasteiger partial charge in [-0.2, -0.15) is 0 Å². The van der Waals surface area contributed by atoms with Crippen LogP contribution < -0.4 is 0 Å². The number of ether oxygens (including phenoxy) is 2. The van der Waals surface area contributed by atoms with Gasteiger partial charge in [0.1, 0.15) is 5.76 Å². The summed E-state index contributed by atoms with van der Waals surface area (Å²) in [6.45, 7) is 11.1. The lowest BCUT2D eigenvalue weighted by atomic mass is 10.2. The summed E-state index contributed by atoms with van der Waals surface area (Å²) in [5.41, 5.74) is 1.77. The van der Waals surface area contributed by atoms with E-state index in [9.17, 15) is 0 Å². The van der Waals surface area contributed by atoms with Gasteiger partial charge in [-0.25, -0.2) is 0 Å². The number of hydrogen-bond donors (Lipinski definition) is 0. The van der Waals surface area contributed by atoms with Crippen molar-refractivity contribution in [3.8, 4) is 0 Å². The summed E-state index contributed by atoms with van der Waals surface area (Å²) in [6.07, 6.45) is 1.87. The first-order valence-electron chi connectivity index (χ1n) is 4.83. The van der Waals surface area contributed by atoms with Gasteiger partial charge in [-0.1, -0.05) is 18.7 Å². The van der Waals surface area contributed by atoms with Gasteiger partial charge in [-0.05, 0) is 13.0 Å². The van der Waals surface area contributed by atoms with E-state index in [0.29, 0.717) is 6.61 Å². The van der Waals surface area contributed by atoms with Crippen molar-refractivity contribution in [1.29, 1.82) is 0 Å². The molecule has 0 aliphatic rings. The Morgan fingerprint density at radius 1 is 1.33 bits per heavy atom. The number of likely N-dealkylation sites (N-methyl/N-ethyl adjacent to an activating group) is 1. The van der Waals surface area contributed by atoms with Crippen LogP contribution in [0.1, 0.15) is 6.92 Å². The van der Waals surface area contributed by atoms with Crippen molar-refractivity contribution in [2.24, 2.45) is 0 Å². The van der Waals surface area contributed by atoms with Crippen LogP contribution in [0, 0.1) is 0 Å². The third-order valence-corrected chi connectivity index (χ3v) is 1.97. The van der Waals surface area contributed by atoms with Crippen molar-refractivity contribution in [3.63, 3.8) is 0 Å². The molecule has 0 aliphatic heterocycles. The Kier molecular flexibility index (Phi) is 6.54. The quantitative estimate of drug-likeness (QED) is 0.476. The maximum absolute atomic E-state index is 5.24. The van der Waals surface area contributed by atoms with Crippen LogP contribution in [0.2, 0.25) is 0 Å². The highest BCUT2D eigenvalue weighted by Gasteiger charge is 2.07. The SMILES string of the molecule is C=C(C)/C=C(/OC)C(=C)N(C)CCOC. The average molecular weight is 211 g/mol. The predicted molar refractivity (Wildman–Crippen MR) is 63.6 cm³/mol. The number of hydrogen-bond acceptors (Lipinski definition) is 3. The largest absolute Gasteiger partial charge is 0.495 e. The van der Waals surface area contributed by atoms with Gasteiger partial charge in [-0.3, -0.25) is 0 Å². The lowest BCUT2D eigenvalue weighted by Crippen LogP contribution is -2.23. The fraction of sp³-hybridized carbons (Fsp3) is 0.500. The molecular formula is C12H21NO2. The molecule has 0 aliphatic carbocycles. The summed E-state index contributed by atoms with van der Waals surface area (Å²) in [5, 5.41) is 0. The summed E-state index contributed by atoms with van der Waals surface area (Å²) in [4.78, 5) is 1.99. The van der Waals surface area contributed by atoms with E-state index in [1.54, 1.807) is 14.2 Å². The molecule has 0 spiro atoms. The molecule has 0 bridgehead atoms. The Labute approximate surface area is 92.7 Å². The fourth-order valence-electron chi connectivity index (χ4n) is 1.04. The summed E-state index contributed by atoms with van der Waals surface area (Å²) in [5.74, 6) is 0.737. The maximum atomic E-state index is 5.24. The smallest absolute Gasteiger partial charge is 0.141 e. The van der Waals surface area contributed by atoms with E-state index in [2.05, 4.69) is 13.2 Å². The summed E-state index contributed by atoms with van der Waals surface area (Å²) in [7, 11) is 5.26. The molecule has 0 aromatic rings. The molecule has 0 saturated carbocycles. The second-order valence-electron chi connectivity index (χ2n) is 3.42. The zero-order chi connectivity index (χ0) is 11.8. The topological polar surface area (TPSA) is 21.7 Å². The maximum Gasteiger partial charge on any atom is 0.141 e. The highest BCUT2D eigenvalue weighted by Crippen LogP contribution is 2.13. The van der Waals surface area contributed by atoms with Crippen LogP contribution in [-0.4, -0.2) is 39.3 Å². The minimum atomic E-state index is 0.666. The molecule has 15 heavy (non-hydrogen) atoms. The Bertz CT molecular complexity index is 256. The fourth-order valence-corrected chi connectivity index (χ4v) is 1.04. The van der Waals surface area contributed by atoms with Crippen molar-refractivity contribution < 1.29 is 9.47 Å². The van der Waals surface area contributed by atoms with Gasteiger partial charge in [0.05, 0.1) is 19.4 Å². The Hall–Kier alpha value is -1.22. The van der Waals surface area contributed by atoms with E-state index in [-0.39, 0.29) is 0 Å². The molecule has 0 rings (SSSR count). The van der Waals surface area contributed by atoms with Crippen molar-refractivity contribution in [1.82, 2.24) is 4.90 Å².